The van der Waals surface area contributed by atoms with E-state index in [2.05, 4.69) is 33.8 Å². The van der Waals surface area contributed by atoms with Crippen molar-refractivity contribution in [2.75, 3.05) is 0 Å². The summed E-state index contributed by atoms with van der Waals surface area (Å²) in [6.45, 7) is 0. The highest BCUT2D eigenvalue weighted by molar-refractivity contribution is 5.94. The number of fused-ring (bicyclic) bond motifs is 1. The van der Waals surface area contributed by atoms with E-state index in [1.165, 1.54) is 10.8 Å². The summed E-state index contributed by atoms with van der Waals surface area (Å²) in [6.07, 6.45) is 3.92. The Balaban J connectivity index is 2.05. The molecule has 0 atom stereocenters. The summed E-state index contributed by atoms with van der Waals surface area (Å²) in [5.74, 6) is 0. The number of nitrogens with zero attached hydrogens (tertiary/aromatic N) is 2. The molecule has 0 N–H and O–H groups in total. The molecule has 18 heavy (non-hydrogen) atoms. The normalized spacial score (nSPS) is 11.4. The van der Waals surface area contributed by atoms with Crippen LogP contribution in [0.25, 0.3) is 10.8 Å². The minimum absolute atomic E-state index is 1.01. The number of aryl methyl sites for hydroxylation is 1. The fourth-order valence-electron chi connectivity index (χ4n) is 2.07. The zero-order valence-corrected chi connectivity index (χ0v) is 10.2. The average Bonchev–Trinajstić information content (AvgIpc) is 2.82. The highest BCUT2D eigenvalue weighted by Gasteiger charge is 1.98. The van der Waals surface area contributed by atoms with Gasteiger partial charge >= 0.3 is 0 Å². The van der Waals surface area contributed by atoms with Gasteiger partial charge in [-0.15, -0.1) is 0 Å². The third-order valence-electron chi connectivity index (χ3n) is 3.09. The van der Waals surface area contributed by atoms with E-state index in [0.29, 0.717) is 0 Å². The van der Waals surface area contributed by atoms with E-state index in [-0.39, 0.29) is 0 Å². The SMILES string of the molecule is Cn1cccc1C=Nc1cccc2ccccc12. The van der Waals surface area contributed by atoms with E-state index in [1.807, 2.05) is 49.8 Å². The Kier molecular flexibility index (Phi) is 2.69. The van der Waals surface area contributed by atoms with Gasteiger partial charge in [-0.2, -0.15) is 0 Å². The quantitative estimate of drug-likeness (QED) is 0.598. The first-order chi connectivity index (χ1) is 8.84. The van der Waals surface area contributed by atoms with Crippen molar-refractivity contribution in [2.45, 2.75) is 0 Å². The second kappa shape index (κ2) is 4.49. The summed E-state index contributed by atoms with van der Waals surface area (Å²) < 4.78 is 2.05. The number of benzene rings is 2. The molecule has 0 bridgehead atoms. The van der Waals surface area contributed by atoms with Crippen LogP contribution in [0.3, 0.4) is 0 Å². The lowest BCUT2D eigenvalue weighted by Gasteiger charge is -2.01. The Hall–Kier alpha value is -2.35. The first-order valence-electron chi connectivity index (χ1n) is 5.98. The molecule has 0 unspecified atom stereocenters. The number of hydrogen-bond acceptors (Lipinski definition) is 1. The molecule has 0 aliphatic rings. The highest BCUT2D eigenvalue weighted by atomic mass is 14.9. The molecule has 2 heteroatoms. The Bertz CT molecular complexity index is 702. The van der Waals surface area contributed by atoms with Crippen molar-refractivity contribution in [3.8, 4) is 0 Å². The van der Waals surface area contributed by atoms with Crippen LogP contribution in [-0.2, 0) is 7.05 Å². The fourth-order valence-corrected chi connectivity index (χ4v) is 2.07. The predicted octanol–water partition coefficient (Wildman–Crippen LogP) is 3.93. The largest absolute Gasteiger partial charge is 0.350 e. The Morgan fingerprint density at radius 2 is 1.78 bits per heavy atom. The van der Waals surface area contributed by atoms with Crippen LogP contribution in [0.15, 0.2) is 65.8 Å². The molecule has 3 rings (SSSR count). The zero-order valence-electron chi connectivity index (χ0n) is 10.2. The summed E-state index contributed by atoms with van der Waals surface area (Å²) in [6, 6.07) is 18.6. The van der Waals surface area contributed by atoms with Gasteiger partial charge in [-0.1, -0.05) is 36.4 Å². The summed E-state index contributed by atoms with van der Waals surface area (Å²) in [5, 5.41) is 2.41. The number of hydrogen-bond donors (Lipinski definition) is 0. The summed E-state index contributed by atoms with van der Waals surface area (Å²) in [5.41, 5.74) is 2.11. The van der Waals surface area contributed by atoms with Crippen LogP contribution in [-0.4, -0.2) is 10.8 Å². The molecule has 3 aromatic rings. The topological polar surface area (TPSA) is 17.3 Å². The number of aliphatic imine (C=N–C) groups is 1. The van der Waals surface area contributed by atoms with E-state index in [4.69, 9.17) is 0 Å². The fraction of sp³-hybridized carbons (Fsp3) is 0.0625. The lowest BCUT2D eigenvalue weighted by Crippen LogP contribution is -1.91. The van der Waals surface area contributed by atoms with Gasteiger partial charge in [-0.25, -0.2) is 0 Å². The third-order valence-corrected chi connectivity index (χ3v) is 3.09. The van der Waals surface area contributed by atoms with Gasteiger partial charge in [-0.3, -0.25) is 4.99 Å². The van der Waals surface area contributed by atoms with Crippen molar-refractivity contribution < 1.29 is 0 Å². The van der Waals surface area contributed by atoms with Crippen LogP contribution in [0.4, 0.5) is 5.69 Å². The van der Waals surface area contributed by atoms with Gasteiger partial charge in [0, 0.05) is 18.6 Å². The maximum absolute atomic E-state index is 4.59. The lowest BCUT2D eigenvalue weighted by atomic mass is 10.1. The highest BCUT2D eigenvalue weighted by Crippen LogP contribution is 2.25. The first kappa shape index (κ1) is 10.8. The maximum Gasteiger partial charge on any atom is 0.0708 e. The number of aromatic nitrogens is 1. The lowest BCUT2D eigenvalue weighted by molar-refractivity contribution is 0.918. The summed E-state index contributed by atoms with van der Waals surface area (Å²) in [4.78, 5) is 4.59. The predicted molar refractivity (Wildman–Crippen MR) is 76.6 cm³/mol. The van der Waals surface area contributed by atoms with Crippen molar-refractivity contribution >= 4 is 22.7 Å². The van der Waals surface area contributed by atoms with E-state index in [1.54, 1.807) is 0 Å². The molecule has 0 radical (unpaired) electrons. The van der Waals surface area contributed by atoms with Crippen molar-refractivity contribution in [1.29, 1.82) is 0 Å². The van der Waals surface area contributed by atoms with E-state index in [9.17, 15) is 0 Å². The second-order valence-corrected chi connectivity index (χ2v) is 4.30. The Labute approximate surface area is 106 Å². The molecule has 0 saturated heterocycles. The van der Waals surface area contributed by atoms with E-state index < -0.39 is 0 Å². The second-order valence-electron chi connectivity index (χ2n) is 4.30. The molecule has 0 aliphatic heterocycles. The van der Waals surface area contributed by atoms with Gasteiger partial charge < -0.3 is 4.57 Å². The smallest absolute Gasteiger partial charge is 0.0708 e. The molecule has 2 nitrogen and oxygen atoms in total. The van der Waals surface area contributed by atoms with Gasteiger partial charge in [0.2, 0.25) is 0 Å². The zero-order chi connectivity index (χ0) is 12.4. The van der Waals surface area contributed by atoms with Gasteiger partial charge in [0.05, 0.1) is 17.6 Å². The van der Waals surface area contributed by atoms with Crippen LogP contribution < -0.4 is 0 Å². The van der Waals surface area contributed by atoms with Gasteiger partial charge in [0.25, 0.3) is 0 Å². The minimum atomic E-state index is 1.01. The van der Waals surface area contributed by atoms with E-state index in [0.717, 1.165) is 11.4 Å². The maximum atomic E-state index is 4.59. The van der Waals surface area contributed by atoms with Gasteiger partial charge in [0.15, 0.2) is 0 Å². The van der Waals surface area contributed by atoms with Crippen LogP contribution in [0.2, 0.25) is 0 Å². The number of rotatable bonds is 2. The summed E-state index contributed by atoms with van der Waals surface area (Å²) >= 11 is 0. The first-order valence-corrected chi connectivity index (χ1v) is 5.98. The van der Waals surface area contributed by atoms with Crippen molar-refractivity contribution in [3.63, 3.8) is 0 Å². The molecule has 0 fully saturated rings. The van der Waals surface area contributed by atoms with Crippen LogP contribution in [0.5, 0.6) is 0 Å². The Morgan fingerprint density at radius 1 is 0.944 bits per heavy atom. The van der Waals surface area contributed by atoms with E-state index >= 15 is 0 Å². The molecule has 1 aromatic heterocycles. The van der Waals surface area contributed by atoms with Gasteiger partial charge in [-0.05, 0) is 23.6 Å². The molecule has 0 aliphatic carbocycles. The molecule has 0 amide bonds. The van der Waals surface area contributed by atoms with Gasteiger partial charge in [0.1, 0.15) is 0 Å². The molecule has 88 valence electrons. The molecule has 0 spiro atoms. The molecule has 1 heterocycles. The third kappa shape index (κ3) is 1.93. The molecular formula is C16H14N2. The monoisotopic (exact) mass is 234 g/mol. The average molecular weight is 234 g/mol. The van der Waals surface area contributed by atoms with Crippen LogP contribution in [0, 0.1) is 0 Å². The molecule has 2 aromatic carbocycles. The molecular weight excluding hydrogens is 220 g/mol. The minimum Gasteiger partial charge on any atom is -0.350 e. The van der Waals surface area contributed by atoms with Crippen molar-refractivity contribution in [2.24, 2.45) is 12.0 Å². The molecule has 0 saturated carbocycles. The Morgan fingerprint density at radius 3 is 2.61 bits per heavy atom. The van der Waals surface area contributed by atoms with Crippen molar-refractivity contribution in [3.05, 3.63) is 66.5 Å². The van der Waals surface area contributed by atoms with Crippen LogP contribution >= 0.6 is 0 Å². The standard InChI is InChI=1S/C16H14N2/c1-18-11-5-8-14(18)12-17-16-10-4-7-13-6-2-3-9-15(13)16/h2-12H,1H3. The van der Waals surface area contributed by atoms with Crippen molar-refractivity contribution in [1.82, 2.24) is 4.57 Å². The summed E-state index contributed by atoms with van der Waals surface area (Å²) in [7, 11) is 2.02. The van der Waals surface area contributed by atoms with Crippen LogP contribution in [0.1, 0.15) is 5.69 Å².